The molecule has 0 unspecified atom stereocenters. The molecular weight excluding hydrogens is 459 g/mol. The van der Waals surface area contributed by atoms with Gasteiger partial charge in [0.1, 0.15) is 5.75 Å². The monoisotopic (exact) mass is 486 g/mol. The van der Waals surface area contributed by atoms with Crippen LogP contribution in [0, 0.1) is 6.92 Å². The van der Waals surface area contributed by atoms with Crippen LogP contribution in [0.25, 0.3) is 0 Å². The van der Waals surface area contributed by atoms with Gasteiger partial charge in [-0.1, -0.05) is 12.1 Å². The third-order valence-electron chi connectivity index (χ3n) is 4.43. The van der Waals surface area contributed by atoms with E-state index in [4.69, 9.17) is 4.74 Å². The van der Waals surface area contributed by atoms with Crippen LogP contribution < -0.4 is 15.0 Å². The van der Waals surface area contributed by atoms with E-state index in [9.17, 15) is 0 Å². The molecule has 1 fully saturated rings. The van der Waals surface area contributed by atoms with Crippen molar-refractivity contribution in [1.82, 2.24) is 10.2 Å². The smallest absolute Gasteiger partial charge is 0.194 e. The van der Waals surface area contributed by atoms with Crippen LogP contribution in [-0.4, -0.2) is 51.2 Å². The number of piperazine rings is 1. The van der Waals surface area contributed by atoms with E-state index >= 15 is 0 Å². The van der Waals surface area contributed by atoms with Crippen molar-refractivity contribution in [3.05, 3.63) is 46.2 Å². The summed E-state index contributed by atoms with van der Waals surface area (Å²) in [6.45, 7) is 6.78. The van der Waals surface area contributed by atoms with Crippen molar-refractivity contribution in [2.75, 3.05) is 45.2 Å². The number of guanidine groups is 1. The number of thiophene rings is 1. The minimum atomic E-state index is 0. The zero-order chi connectivity index (χ0) is 17.6. The van der Waals surface area contributed by atoms with Crippen molar-refractivity contribution in [3.63, 3.8) is 0 Å². The average Bonchev–Trinajstić information content (AvgIpc) is 3.08. The molecular formula is C19H27IN4OS. The molecule has 1 aromatic carbocycles. The third kappa shape index (κ3) is 5.03. The summed E-state index contributed by atoms with van der Waals surface area (Å²) in [7, 11) is 3.59. The normalized spacial score (nSPS) is 14.8. The van der Waals surface area contributed by atoms with Crippen molar-refractivity contribution in [2.24, 2.45) is 4.99 Å². The van der Waals surface area contributed by atoms with E-state index < -0.39 is 0 Å². The molecule has 0 aliphatic carbocycles. The van der Waals surface area contributed by atoms with E-state index in [1.807, 2.05) is 30.5 Å². The summed E-state index contributed by atoms with van der Waals surface area (Å²) in [5, 5.41) is 3.49. The van der Waals surface area contributed by atoms with Gasteiger partial charge in [0.25, 0.3) is 0 Å². The molecule has 0 amide bonds. The lowest BCUT2D eigenvalue weighted by Crippen LogP contribution is -2.52. The van der Waals surface area contributed by atoms with Crippen LogP contribution in [0.15, 0.2) is 41.4 Å². The Kier molecular flexibility index (Phi) is 8.02. The van der Waals surface area contributed by atoms with Gasteiger partial charge in [0, 0.05) is 43.0 Å². The highest BCUT2D eigenvalue weighted by molar-refractivity contribution is 14.0. The molecule has 0 atom stereocenters. The summed E-state index contributed by atoms with van der Waals surface area (Å²) in [4.78, 5) is 11.8. The largest absolute Gasteiger partial charge is 0.495 e. The van der Waals surface area contributed by atoms with E-state index in [0.717, 1.165) is 44.4 Å². The second-order valence-electron chi connectivity index (χ2n) is 6.06. The van der Waals surface area contributed by atoms with Gasteiger partial charge in [0.05, 0.1) is 19.3 Å². The number of hydrogen-bond acceptors (Lipinski definition) is 4. The first-order chi connectivity index (χ1) is 12.2. The first-order valence-corrected chi connectivity index (χ1v) is 9.42. The number of aryl methyl sites for hydroxylation is 1. The molecule has 0 saturated carbocycles. The predicted octanol–water partition coefficient (Wildman–Crippen LogP) is 3.58. The second-order valence-corrected chi connectivity index (χ2v) is 7.43. The van der Waals surface area contributed by atoms with Crippen LogP contribution in [0.4, 0.5) is 5.69 Å². The number of nitrogens with zero attached hydrogens (tertiary/aromatic N) is 3. The first-order valence-electron chi connectivity index (χ1n) is 8.60. The molecule has 1 aromatic heterocycles. The zero-order valence-corrected chi connectivity index (χ0v) is 18.7. The number of hydrogen-bond donors (Lipinski definition) is 1. The predicted molar refractivity (Wildman–Crippen MR) is 121 cm³/mol. The number of para-hydroxylation sites is 2. The molecule has 2 heterocycles. The highest BCUT2D eigenvalue weighted by Crippen LogP contribution is 2.28. The van der Waals surface area contributed by atoms with E-state index in [1.54, 1.807) is 7.11 Å². The van der Waals surface area contributed by atoms with Gasteiger partial charge < -0.3 is 19.9 Å². The highest BCUT2D eigenvalue weighted by atomic mass is 127. The van der Waals surface area contributed by atoms with Crippen LogP contribution in [0.1, 0.15) is 9.75 Å². The number of ether oxygens (including phenoxy) is 1. The molecule has 2 aromatic rings. The molecule has 1 N–H and O–H groups in total. The Labute approximate surface area is 177 Å². The fourth-order valence-corrected chi connectivity index (χ4v) is 3.96. The lowest BCUT2D eigenvalue weighted by Gasteiger charge is -2.38. The van der Waals surface area contributed by atoms with Gasteiger partial charge >= 0.3 is 0 Å². The molecule has 0 radical (unpaired) electrons. The van der Waals surface area contributed by atoms with E-state index in [1.165, 1.54) is 15.4 Å². The Bertz CT molecular complexity index is 726. The third-order valence-corrected chi connectivity index (χ3v) is 5.43. The zero-order valence-electron chi connectivity index (χ0n) is 15.6. The Hall–Kier alpha value is -1.48. The molecule has 1 aliphatic rings. The molecule has 26 heavy (non-hydrogen) atoms. The van der Waals surface area contributed by atoms with Gasteiger partial charge in [-0.25, -0.2) is 0 Å². The van der Waals surface area contributed by atoms with E-state index in [-0.39, 0.29) is 24.0 Å². The standard InChI is InChI=1S/C19H26N4OS.HI/c1-15-8-9-16(25-15)14-21-19(20-2)23-12-10-22(11-13-23)17-6-4-5-7-18(17)24-3;/h4-9H,10-14H2,1-3H3,(H,20,21);1H. The average molecular weight is 486 g/mol. The molecule has 0 bridgehead atoms. The maximum absolute atomic E-state index is 5.49. The minimum absolute atomic E-state index is 0. The van der Waals surface area contributed by atoms with Gasteiger partial charge in [-0.15, -0.1) is 35.3 Å². The number of rotatable bonds is 4. The van der Waals surface area contributed by atoms with E-state index in [0.29, 0.717) is 0 Å². The highest BCUT2D eigenvalue weighted by Gasteiger charge is 2.21. The lowest BCUT2D eigenvalue weighted by atomic mass is 10.2. The van der Waals surface area contributed by atoms with Gasteiger partial charge in [0.2, 0.25) is 0 Å². The summed E-state index contributed by atoms with van der Waals surface area (Å²) >= 11 is 1.83. The Balaban J connectivity index is 0.00000243. The van der Waals surface area contributed by atoms with Crippen molar-refractivity contribution in [2.45, 2.75) is 13.5 Å². The quantitative estimate of drug-likeness (QED) is 0.408. The Morgan fingerprint density at radius 3 is 2.50 bits per heavy atom. The second kappa shape index (κ2) is 10.0. The van der Waals surface area contributed by atoms with Crippen molar-refractivity contribution < 1.29 is 4.74 Å². The number of methoxy groups -OCH3 is 1. The summed E-state index contributed by atoms with van der Waals surface area (Å²) < 4.78 is 5.49. The summed E-state index contributed by atoms with van der Waals surface area (Å²) in [6, 6.07) is 12.6. The minimum Gasteiger partial charge on any atom is -0.495 e. The summed E-state index contributed by atoms with van der Waals surface area (Å²) in [5.74, 6) is 1.91. The number of halogens is 1. The lowest BCUT2D eigenvalue weighted by molar-refractivity contribution is 0.367. The number of benzene rings is 1. The summed E-state index contributed by atoms with van der Waals surface area (Å²) in [5.41, 5.74) is 1.17. The van der Waals surface area contributed by atoms with Crippen molar-refractivity contribution in [3.8, 4) is 5.75 Å². The van der Waals surface area contributed by atoms with Crippen LogP contribution in [0.2, 0.25) is 0 Å². The van der Waals surface area contributed by atoms with Crippen LogP contribution >= 0.6 is 35.3 Å². The Morgan fingerprint density at radius 2 is 1.88 bits per heavy atom. The number of anilines is 1. The molecule has 0 spiro atoms. The molecule has 7 heteroatoms. The Morgan fingerprint density at radius 1 is 1.15 bits per heavy atom. The van der Waals surface area contributed by atoms with Gasteiger partial charge in [0.15, 0.2) is 5.96 Å². The van der Waals surface area contributed by atoms with Gasteiger partial charge in [-0.2, -0.15) is 0 Å². The maximum atomic E-state index is 5.49. The van der Waals surface area contributed by atoms with Crippen molar-refractivity contribution >= 4 is 47.0 Å². The molecule has 5 nitrogen and oxygen atoms in total. The van der Waals surface area contributed by atoms with Crippen LogP contribution in [0.5, 0.6) is 5.75 Å². The molecule has 142 valence electrons. The SMILES string of the molecule is CN=C(NCc1ccc(C)s1)N1CCN(c2ccccc2OC)CC1.I. The maximum Gasteiger partial charge on any atom is 0.194 e. The topological polar surface area (TPSA) is 40.1 Å². The van der Waals surface area contributed by atoms with Gasteiger partial charge in [-0.3, -0.25) is 4.99 Å². The first kappa shape index (κ1) is 20.8. The number of aliphatic imine (C=N–C) groups is 1. The van der Waals surface area contributed by atoms with Crippen molar-refractivity contribution in [1.29, 1.82) is 0 Å². The molecule has 3 rings (SSSR count). The van der Waals surface area contributed by atoms with Gasteiger partial charge in [-0.05, 0) is 31.2 Å². The van der Waals surface area contributed by atoms with Crippen LogP contribution in [0.3, 0.4) is 0 Å². The number of nitrogens with one attached hydrogen (secondary N) is 1. The fourth-order valence-electron chi connectivity index (χ4n) is 3.13. The van der Waals surface area contributed by atoms with Crippen LogP contribution in [-0.2, 0) is 6.54 Å². The molecule has 1 saturated heterocycles. The van der Waals surface area contributed by atoms with E-state index in [2.05, 4.69) is 51.3 Å². The fraction of sp³-hybridized carbons (Fsp3) is 0.421. The summed E-state index contributed by atoms with van der Waals surface area (Å²) in [6.07, 6.45) is 0. The molecule has 1 aliphatic heterocycles.